The number of carbonyl (C=O) groups is 1. The molecule has 8 heteroatoms. The van der Waals surface area contributed by atoms with E-state index in [1.807, 2.05) is 0 Å². The fourth-order valence-corrected chi connectivity index (χ4v) is 4.03. The zero-order chi connectivity index (χ0) is 18.0. The quantitative estimate of drug-likeness (QED) is 0.623. The number of allylic oxidation sites excluding steroid dienone is 1. The van der Waals surface area contributed by atoms with Gasteiger partial charge in [0.2, 0.25) is 6.23 Å². The van der Waals surface area contributed by atoms with Crippen LogP contribution < -0.4 is 0 Å². The number of ether oxygens (including phenoxy) is 2. The third kappa shape index (κ3) is 3.97. The molecule has 0 radical (unpaired) electrons. The molecule has 0 bridgehead atoms. The average molecular weight is 430 g/mol. The predicted molar refractivity (Wildman–Crippen MR) is 96.3 cm³/mol. The Labute approximate surface area is 157 Å². The van der Waals surface area contributed by atoms with E-state index in [1.165, 1.54) is 5.06 Å². The van der Waals surface area contributed by atoms with Gasteiger partial charge in [0.1, 0.15) is 0 Å². The number of benzene rings is 1. The lowest BCUT2D eigenvalue weighted by molar-refractivity contribution is -0.160. The minimum atomic E-state index is -1.28. The minimum absolute atomic E-state index is 0.316. The Morgan fingerprint density at radius 2 is 2.08 bits per heavy atom. The molecule has 136 valence electrons. The standard InChI is InChI=1S/C17H20BrNO5S/c1-22-9-10-23-17-14(18)15(11-7-8-11)24-19(17)16(20)12-5-3-4-6-13(12)25(2)21/h3-6,11,17H,7-10H2,1-2H3. The summed E-state index contributed by atoms with van der Waals surface area (Å²) in [6.45, 7) is 0.732. The lowest BCUT2D eigenvalue weighted by Gasteiger charge is -2.24. The van der Waals surface area contributed by atoms with Crippen LogP contribution in [0.25, 0.3) is 0 Å². The third-order valence-electron chi connectivity index (χ3n) is 4.00. The van der Waals surface area contributed by atoms with E-state index in [0.717, 1.165) is 23.1 Å². The minimum Gasteiger partial charge on any atom is -0.382 e. The number of amides is 1. The summed E-state index contributed by atoms with van der Waals surface area (Å²) in [6, 6.07) is 6.83. The van der Waals surface area contributed by atoms with E-state index in [1.54, 1.807) is 37.6 Å². The van der Waals surface area contributed by atoms with Crippen molar-refractivity contribution in [1.82, 2.24) is 5.06 Å². The van der Waals surface area contributed by atoms with Crippen molar-refractivity contribution in [3.63, 3.8) is 0 Å². The summed E-state index contributed by atoms with van der Waals surface area (Å²) >= 11 is 3.53. The molecule has 2 aliphatic rings. The van der Waals surface area contributed by atoms with E-state index in [0.29, 0.717) is 29.6 Å². The highest BCUT2D eigenvalue weighted by Crippen LogP contribution is 2.46. The largest absolute Gasteiger partial charge is 0.382 e. The molecular formula is C17H20BrNO5S. The Kier molecular flexibility index (Phi) is 5.93. The summed E-state index contributed by atoms with van der Waals surface area (Å²) in [6.07, 6.45) is 2.95. The Morgan fingerprint density at radius 3 is 2.72 bits per heavy atom. The van der Waals surface area contributed by atoms with E-state index in [2.05, 4.69) is 15.9 Å². The maximum absolute atomic E-state index is 13.1. The zero-order valence-electron chi connectivity index (χ0n) is 14.1. The lowest BCUT2D eigenvalue weighted by Crippen LogP contribution is -2.38. The van der Waals surface area contributed by atoms with Crippen molar-refractivity contribution in [3.8, 4) is 0 Å². The van der Waals surface area contributed by atoms with E-state index < -0.39 is 17.0 Å². The molecular weight excluding hydrogens is 410 g/mol. The number of nitrogens with zero attached hydrogens (tertiary/aromatic N) is 1. The van der Waals surface area contributed by atoms with Gasteiger partial charge in [-0.15, -0.1) is 5.06 Å². The van der Waals surface area contributed by atoms with Crippen LogP contribution in [0.3, 0.4) is 0 Å². The molecule has 1 amide bonds. The highest BCUT2D eigenvalue weighted by atomic mass is 79.9. The van der Waals surface area contributed by atoms with Crippen molar-refractivity contribution in [3.05, 3.63) is 40.1 Å². The monoisotopic (exact) mass is 429 g/mol. The van der Waals surface area contributed by atoms with Gasteiger partial charge in [-0.2, -0.15) is 0 Å². The van der Waals surface area contributed by atoms with Gasteiger partial charge >= 0.3 is 0 Å². The van der Waals surface area contributed by atoms with Crippen molar-refractivity contribution in [2.24, 2.45) is 5.92 Å². The van der Waals surface area contributed by atoms with Crippen LogP contribution in [-0.4, -0.2) is 48.0 Å². The van der Waals surface area contributed by atoms with Crippen molar-refractivity contribution >= 4 is 32.6 Å². The molecule has 1 aliphatic heterocycles. The molecule has 0 aromatic heterocycles. The summed E-state index contributed by atoms with van der Waals surface area (Å²) in [5.74, 6) is 0.683. The van der Waals surface area contributed by atoms with E-state index in [9.17, 15) is 9.00 Å². The predicted octanol–water partition coefficient (Wildman–Crippen LogP) is 2.82. The molecule has 0 N–H and O–H groups in total. The lowest BCUT2D eigenvalue weighted by atomic mass is 10.2. The molecule has 2 unspecified atom stereocenters. The Balaban J connectivity index is 1.86. The van der Waals surface area contributed by atoms with Crippen LogP contribution in [0.2, 0.25) is 0 Å². The number of hydroxylamine groups is 2. The van der Waals surface area contributed by atoms with Crippen LogP contribution in [0.5, 0.6) is 0 Å². The summed E-state index contributed by atoms with van der Waals surface area (Å²) in [5.41, 5.74) is 0.348. The normalized spacial score (nSPS) is 21.4. The molecule has 1 heterocycles. The molecule has 0 saturated heterocycles. The van der Waals surface area contributed by atoms with Gasteiger partial charge in [-0.1, -0.05) is 12.1 Å². The third-order valence-corrected chi connectivity index (χ3v) is 5.76. The van der Waals surface area contributed by atoms with Gasteiger partial charge in [-0.05, 0) is 40.9 Å². The highest BCUT2D eigenvalue weighted by Gasteiger charge is 2.44. The number of rotatable bonds is 7. The van der Waals surface area contributed by atoms with Crippen LogP contribution >= 0.6 is 15.9 Å². The second-order valence-corrected chi connectivity index (χ2v) is 8.08. The van der Waals surface area contributed by atoms with Crippen molar-refractivity contribution < 1.29 is 23.3 Å². The Bertz CT molecular complexity index is 719. The smallest absolute Gasteiger partial charge is 0.290 e. The molecule has 1 aromatic carbocycles. The Morgan fingerprint density at radius 1 is 1.36 bits per heavy atom. The van der Waals surface area contributed by atoms with Crippen molar-refractivity contribution in [2.75, 3.05) is 26.6 Å². The molecule has 1 aliphatic carbocycles. The molecule has 1 fully saturated rings. The number of methoxy groups -OCH3 is 1. The summed E-state index contributed by atoms with van der Waals surface area (Å²) in [5, 5.41) is 1.22. The van der Waals surface area contributed by atoms with Crippen LogP contribution in [0, 0.1) is 5.92 Å². The molecule has 25 heavy (non-hydrogen) atoms. The van der Waals surface area contributed by atoms with Gasteiger partial charge in [-0.25, -0.2) is 0 Å². The van der Waals surface area contributed by atoms with Crippen molar-refractivity contribution in [2.45, 2.75) is 24.0 Å². The summed E-state index contributed by atoms with van der Waals surface area (Å²) < 4.78 is 23.5. The molecule has 2 atom stereocenters. The highest BCUT2D eigenvalue weighted by molar-refractivity contribution is 9.11. The molecule has 1 saturated carbocycles. The average Bonchev–Trinajstić information content (AvgIpc) is 3.40. The molecule has 1 aromatic rings. The number of halogens is 1. The summed E-state index contributed by atoms with van der Waals surface area (Å²) in [7, 11) is 0.306. The molecule has 3 rings (SSSR count). The van der Waals surface area contributed by atoms with Crippen LogP contribution in [-0.2, 0) is 25.1 Å². The fraction of sp³-hybridized carbons (Fsp3) is 0.471. The first-order chi connectivity index (χ1) is 12.0. The van der Waals surface area contributed by atoms with Crippen LogP contribution in [0.15, 0.2) is 39.4 Å². The number of hydrogen-bond acceptors (Lipinski definition) is 5. The maximum Gasteiger partial charge on any atom is 0.290 e. The van der Waals surface area contributed by atoms with Crippen LogP contribution in [0.1, 0.15) is 23.2 Å². The van der Waals surface area contributed by atoms with Gasteiger partial charge in [0.15, 0.2) is 5.76 Å². The van der Waals surface area contributed by atoms with Gasteiger partial charge in [0.25, 0.3) is 5.91 Å². The second-order valence-electron chi connectivity index (χ2n) is 5.87. The molecule has 0 spiro atoms. The fourth-order valence-electron chi connectivity index (χ4n) is 2.58. The second kappa shape index (κ2) is 7.99. The van der Waals surface area contributed by atoms with Gasteiger partial charge in [0.05, 0.1) is 39.0 Å². The summed E-state index contributed by atoms with van der Waals surface area (Å²) in [4.78, 5) is 19.4. The van der Waals surface area contributed by atoms with E-state index >= 15 is 0 Å². The van der Waals surface area contributed by atoms with Crippen molar-refractivity contribution in [1.29, 1.82) is 0 Å². The van der Waals surface area contributed by atoms with Gasteiger partial charge in [0, 0.05) is 19.3 Å². The topological polar surface area (TPSA) is 65.1 Å². The number of carbonyl (C=O) groups excluding carboxylic acids is 1. The first kappa shape index (κ1) is 18.6. The van der Waals surface area contributed by atoms with Gasteiger partial charge < -0.3 is 14.3 Å². The van der Waals surface area contributed by atoms with Gasteiger partial charge in [-0.3, -0.25) is 9.00 Å². The maximum atomic E-state index is 13.1. The Hall–Kier alpha value is -1.22. The SMILES string of the molecule is COCCOC1C(Br)=C(C2CC2)ON1C(=O)c1ccccc1S(C)=O. The first-order valence-electron chi connectivity index (χ1n) is 7.98. The van der Waals surface area contributed by atoms with E-state index in [4.69, 9.17) is 14.3 Å². The van der Waals surface area contributed by atoms with Crippen LogP contribution in [0.4, 0.5) is 0 Å². The first-order valence-corrected chi connectivity index (χ1v) is 10.3. The molecule has 6 nitrogen and oxygen atoms in total. The number of hydrogen-bond donors (Lipinski definition) is 0. The zero-order valence-corrected chi connectivity index (χ0v) is 16.5. The van der Waals surface area contributed by atoms with E-state index in [-0.39, 0.29) is 5.91 Å².